The molecular formula is C30H28O3S2. The molecule has 0 aliphatic rings. The Hall–Kier alpha value is -2.99. The van der Waals surface area contributed by atoms with E-state index in [1.54, 1.807) is 11.8 Å². The highest BCUT2D eigenvalue weighted by atomic mass is 32.2. The van der Waals surface area contributed by atoms with Gasteiger partial charge in [0.25, 0.3) is 0 Å². The minimum atomic E-state index is -1.89. The van der Waals surface area contributed by atoms with Gasteiger partial charge in [0.1, 0.15) is 0 Å². The van der Waals surface area contributed by atoms with Gasteiger partial charge in [-0.2, -0.15) is 0 Å². The second-order valence-electron chi connectivity index (χ2n) is 9.03. The first-order valence-electron chi connectivity index (χ1n) is 11.4. The van der Waals surface area contributed by atoms with E-state index in [1.807, 2.05) is 80.6 Å². The molecule has 1 N–H and O–H groups in total. The Morgan fingerprint density at radius 2 is 1.34 bits per heavy atom. The quantitative estimate of drug-likeness (QED) is 0.197. The summed E-state index contributed by atoms with van der Waals surface area (Å²) in [5, 5.41) is 0. The number of ketones is 1. The van der Waals surface area contributed by atoms with Crippen molar-refractivity contribution < 1.29 is 13.6 Å². The Morgan fingerprint density at radius 1 is 0.800 bits per heavy atom. The Kier molecular flexibility index (Phi) is 8.01. The van der Waals surface area contributed by atoms with E-state index in [-0.39, 0.29) is 11.5 Å². The maximum absolute atomic E-state index is 12.6. The molecule has 0 saturated heterocycles. The molecule has 3 nitrogen and oxygen atoms in total. The van der Waals surface area contributed by atoms with Crippen LogP contribution < -0.4 is 0 Å². The summed E-state index contributed by atoms with van der Waals surface area (Å²) >= 11 is -0.252. The van der Waals surface area contributed by atoms with Crippen molar-refractivity contribution in [2.75, 3.05) is 5.75 Å². The van der Waals surface area contributed by atoms with E-state index in [2.05, 4.69) is 36.4 Å². The molecule has 0 saturated carbocycles. The molecule has 0 spiro atoms. The normalized spacial score (nSPS) is 13.7. The monoisotopic (exact) mass is 500 g/mol. The lowest BCUT2D eigenvalue weighted by atomic mass is 9.79. The first-order chi connectivity index (χ1) is 16.8. The van der Waals surface area contributed by atoms with Crippen molar-refractivity contribution in [3.63, 3.8) is 0 Å². The van der Waals surface area contributed by atoms with Crippen LogP contribution >= 0.6 is 11.8 Å². The third-order valence-corrected chi connectivity index (χ3v) is 8.00. The Labute approximate surface area is 213 Å². The molecule has 4 aromatic rings. The average Bonchev–Trinajstić information content (AvgIpc) is 2.86. The molecule has 2 atom stereocenters. The SMILES string of the molecule is Cc1ccc(C(C)(Cc2ccc(Sc3ccc(C(=O)c4ccccc4)cc3)cc2)CS(=O)O)cc1. The van der Waals surface area contributed by atoms with Gasteiger partial charge in [-0.3, -0.25) is 4.79 Å². The van der Waals surface area contributed by atoms with E-state index < -0.39 is 16.5 Å². The fraction of sp³-hybridized carbons (Fsp3) is 0.167. The summed E-state index contributed by atoms with van der Waals surface area (Å²) in [5.41, 5.74) is 4.27. The third-order valence-electron chi connectivity index (χ3n) is 6.10. The predicted octanol–water partition coefficient (Wildman–Crippen LogP) is 7.10. The molecule has 35 heavy (non-hydrogen) atoms. The number of hydrogen-bond acceptors (Lipinski definition) is 3. The van der Waals surface area contributed by atoms with Crippen LogP contribution in [0.4, 0.5) is 0 Å². The molecule has 0 fully saturated rings. The van der Waals surface area contributed by atoms with Gasteiger partial charge in [-0.15, -0.1) is 0 Å². The average molecular weight is 501 g/mol. The van der Waals surface area contributed by atoms with Crippen LogP contribution in [0.25, 0.3) is 0 Å². The van der Waals surface area contributed by atoms with Crippen LogP contribution in [0.2, 0.25) is 0 Å². The molecule has 0 aromatic heterocycles. The van der Waals surface area contributed by atoms with Crippen LogP contribution in [-0.2, 0) is 22.9 Å². The van der Waals surface area contributed by atoms with Gasteiger partial charge in [-0.25, -0.2) is 4.21 Å². The topological polar surface area (TPSA) is 54.4 Å². The number of carbonyl (C=O) groups is 1. The first kappa shape index (κ1) is 25.1. The van der Waals surface area contributed by atoms with Crippen molar-refractivity contribution >= 4 is 28.6 Å². The van der Waals surface area contributed by atoms with Crippen LogP contribution in [0, 0.1) is 6.92 Å². The molecule has 178 valence electrons. The summed E-state index contributed by atoms with van der Waals surface area (Å²) in [5.74, 6) is 0.201. The molecule has 5 heteroatoms. The fourth-order valence-electron chi connectivity index (χ4n) is 4.16. The second-order valence-corrected chi connectivity index (χ2v) is 11.1. The number of rotatable bonds is 9. The van der Waals surface area contributed by atoms with E-state index in [9.17, 15) is 13.6 Å². The van der Waals surface area contributed by atoms with Gasteiger partial charge in [-0.1, -0.05) is 91.0 Å². The highest BCUT2D eigenvalue weighted by Gasteiger charge is 2.29. The minimum absolute atomic E-state index is 0.0203. The standard InChI is InChI=1S/C30H28O3S2/c1-22-8-14-26(15-9-22)30(2,21-35(32)33)20-23-10-16-27(17-11-23)34-28-18-12-25(13-19-28)29(31)24-6-4-3-5-7-24/h3-19H,20-21H2,1-2H3,(H,32,33). The van der Waals surface area contributed by atoms with E-state index in [1.165, 1.54) is 5.56 Å². The third kappa shape index (κ3) is 6.57. The molecule has 4 rings (SSSR count). The Morgan fingerprint density at radius 3 is 1.91 bits per heavy atom. The van der Waals surface area contributed by atoms with Crippen LogP contribution in [0.1, 0.15) is 39.5 Å². The van der Waals surface area contributed by atoms with Gasteiger partial charge in [-0.05, 0) is 60.9 Å². The summed E-state index contributed by atoms with van der Waals surface area (Å²) in [6.07, 6.45) is 0.670. The van der Waals surface area contributed by atoms with Crippen molar-refractivity contribution in [1.29, 1.82) is 0 Å². The van der Waals surface area contributed by atoms with Gasteiger partial charge in [0.2, 0.25) is 0 Å². The van der Waals surface area contributed by atoms with E-state index in [0.717, 1.165) is 20.9 Å². The molecule has 0 bridgehead atoms. The van der Waals surface area contributed by atoms with Crippen LogP contribution in [0.3, 0.4) is 0 Å². The predicted molar refractivity (Wildman–Crippen MR) is 145 cm³/mol. The van der Waals surface area contributed by atoms with Crippen molar-refractivity contribution in [3.05, 3.63) is 131 Å². The first-order valence-corrected chi connectivity index (χ1v) is 13.5. The molecule has 0 aliphatic carbocycles. The smallest absolute Gasteiger partial charge is 0.193 e. The Balaban J connectivity index is 1.45. The number of hydrogen-bond donors (Lipinski definition) is 1. The highest BCUT2D eigenvalue weighted by molar-refractivity contribution is 7.99. The van der Waals surface area contributed by atoms with Gasteiger partial charge in [0.15, 0.2) is 16.9 Å². The van der Waals surface area contributed by atoms with Gasteiger partial charge in [0, 0.05) is 26.3 Å². The summed E-state index contributed by atoms with van der Waals surface area (Å²) < 4.78 is 21.4. The van der Waals surface area contributed by atoms with Crippen molar-refractivity contribution in [3.8, 4) is 0 Å². The maximum Gasteiger partial charge on any atom is 0.193 e. The van der Waals surface area contributed by atoms with Crippen LogP contribution in [-0.4, -0.2) is 20.3 Å². The van der Waals surface area contributed by atoms with Crippen molar-refractivity contribution in [1.82, 2.24) is 0 Å². The number of aryl methyl sites for hydroxylation is 1. The molecule has 2 unspecified atom stereocenters. The lowest BCUT2D eigenvalue weighted by molar-refractivity contribution is 0.103. The summed E-state index contributed by atoms with van der Waals surface area (Å²) in [6.45, 7) is 4.09. The minimum Gasteiger partial charge on any atom is -0.306 e. The maximum atomic E-state index is 12.6. The zero-order chi connectivity index (χ0) is 24.8. The number of carbonyl (C=O) groups excluding carboxylic acids is 1. The fourth-order valence-corrected chi connectivity index (χ4v) is 5.79. The van der Waals surface area contributed by atoms with Crippen LogP contribution in [0.15, 0.2) is 113 Å². The van der Waals surface area contributed by atoms with Crippen LogP contribution in [0.5, 0.6) is 0 Å². The zero-order valence-corrected chi connectivity index (χ0v) is 21.4. The lowest BCUT2D eigenvalue weighted by Crippen LogP contribution is -2.31. The van der Waals surface area contributed by atoms with Crippen molar-refractivity contribution in [2.24, 2.45) is 0 Å². The zero-order valence-electron chi connectivity index (χ0n) is 19.8. The van der Waals surface area contributed by atoms with Gasteiger partial charge < -0.3 is 4.55 Å². The largest absolute Gasteiger partial charge is 0.306 e. The number of benzene rings is 4. The summed E-state index contributed by atoms with van der Waals surface area (Å²) in [7, 11) is 0. The van der Waals surface area contributed by atoms with E-state index in [4.69, 9.17) is 0 Å². The Bertz CT molecular complexity index is 1300. The molecule has 0 amide bonds. The molecule has 4 aromatic carbocycles. The van der Waals surface area contributed by atoms with Gasteiger partial charge in [0.05, 0.1) is 5.75 Å². The van der Waals surface area contributed by atoms with Gasteiger partial charge >= 0.3 is 0 Å². The lowest BCUT2D eigenvalue weighted by Gasteiger charge is -2.29. The summed E-state index contributed by atoms with van der Waals surface area (Å²) in [6, 6.07) is 33.5. The highest BCUT2D eigenvalue weighted by Crippen LogP contribution is 2.32. The van der Waals surface area contributed by atoms with Crippen molar-refractivity contribution in [2.45, 2.75) is 35.5 Å². The van der Waals surface area contributed by atoms with E-state index >= 15 is 0 Å². The molecule has 0 heterocycles. The second kappa shape index (κ2) is 11.2. The summed E-state index contributed by atoms with van der Waals surface area (Å²) in [4.78, 5) is 14.8. The molecule has 0 radical (unpaired) electrons. The molecular weight excluding hydrogens is 472 g/mol. The molecule has 0 aliphatic heterocycles. The van der Waals surface area contributed by atoms with E-state index in [0.29, 0.717) is 17.5 Å².